The van der Waals surface area contributed by atoms with E-state index in [0.717, 1.165) is 56.1 Å². The van der Waals surface area contributed by atoms with E-state index >= 15 is 0 Å². The van der Waals surface area contributed by atoms with Crippen LogP contribution < -0.4 is 5.32 Å². The first-order chi connectivity index (χ1) is 28.7. The number of hydrogen-bond donors (Lipinski definition) is 2. The second-order valence-corrected chi connectivity index (χ2v) is 19.9. The number of Topliss-reactive ketones (excluding diaryl/α,β-unsaturated/α-hetero) is 1. The summed E-state index contributed by atoms with van der Waals surface area (Å²) in [6, 6.07) is 0. The number of aliphatic hydroxyl groups excluding tert-OH is 1. The van der Waals surface area contributed by atoms with Gasteiger partial charge in [-0.1, -0.05) is 27.0 Å². The highest BCUT2D eigenvalue weighted by molar-refractivity contribution is 5.79. The summed E-state index contributed by atoms with van der Waals surface area (Å²) < 4.78 is 65.4. The Balaban J connectivity index is 1.03. The van der Waals surface area contributed by atoms with E-state index in [1.54, 1.807) is 27.9 Å². The lowest BCUT2D eigenvalue weighted by Crippen LogP contribution is -2.61. The van der Waals surface area contributed by atoms with E-state index < -0.39 is 48.5 Å². The van der Waals surface area contributed by atoms with Crippen LogP contribution >= 0.6 is 0 Å². The molecule has 8 heterocycles. The van der Waals surface area contributed by atoms with Crippen LogP contribution in [0.5, 0.6) is 0 Å². The van der Waals surface area contributed by atoms with Gasteiger partial charge >= 0.3 is 6.09 Å². The largest absolute Gasteiger partial charge is 0.444 e. The molecule has 19 atom stereocenters. The average Bonchev–Trinajstić information content (AvgIpc) is 3.81. The Kier molecular flexibility index (Phi) is 13.9. The van der Waals surface area contributed by atoms with Crippen LogP contribution in [0.25, 0.3) is 0 Å². The van der Waals surface area contributed by atoms with Crippen molar-refractivity contribution in [3.8, 4) is 0 Å². The van der Waals surface area contributed by atoms with Crippen LogP contribution in [0.3, 0.4) is 0 Å². The third-order valence-corrected chi connectivity index (χ3v) is 14.3. The fourth-order valence-electron chi connectivity index (χ4n) is 11.3. The van der Waals surface area contributed by atoms with Crippen molar-refractivity contribution < 1.29 is 62.1 Å². The van der Waals surface area contributed by atoms with E-state index in [4.69, 9.17) is 47.4 Å². The number of carbonyl (C=O) groups excluding carboxylic acids is 2. The van der Waals surface area contributed by atoms with Crippen LogP contribution in [0.4, 0.5) is 4.79 Å². The van der Waals surface area contributed by atoms with Crippen molar-refractivity contribution in [2.45, 2.75) is 228 Å². The van der Waals surface area contributed by atoms with Crippen LogP contribution in [0.1, 0.15) is 118 Å². The van der Waals surface area contributed by atoms with Crippen molar-refractivity contribution in [1.29, 1.82) is 0 Å². The summed E-state index contributed by atoms with van der Waals surface area (Å²) in [7, 11) is 1.63. The third kappa shape index (κ3) is 9.88. The second-order valence-electron chi connectivity index (χ2n) is 19.9. The SMILES string of the molecule is C=C1CC2CC[C@H]3OC4C(CC)OC5C(O3)[C@H]3OC(CCC3O[C@@H]45)CC(=O)CC3C(CC4OC(CCC1O2)CC(C)C4=C)O[C@H](CC(O)CNC(=O)OC(C)(C)C)[C@@H]3OC. The standard InChI is InChI=1S/C46H71NO13/c1-9-32-40-42-44(56-32)43-41-34(57-42)14-11-30(54-41)18-26(48)19-31-36(55-37(39(31)51-8)20-27(49)22-47-45(50)60-46(5,6)7)21-35-25(4)23(2)16-28(53-35)10-13-33-24(3)17-29(52-33)12-15-38(58-40)59-43/h23,27-44,49H,3-4,9-22H2,1-2,5-8H3,(H,47,50)/t23?,27?,28?,29?,30?,31?,32?,33?,34?,35?,36?,37-,38+,39-,40?,41+,42+,43?,44?/m1/s1. The highest BCUT2D eigenvalue weighted by atomic mass is 16.7. The number of ketones is 1. The fourth-order valence-corrected chi connectivity index (χ4v) is 11.3. The molecule has 14 unspecified atom stereocenters. The van der Waals surface area contributed by atoms with Crippen molar-refractivity contribution in [3.63, 3.8) is 0 Å². The summed E-state index contributed by atoms with van der Waals surface area (Å²) in [5.74, 6) is -0.0254. The number of rotatable bonds is 6. The molecule has 0 aliphatic carbocycles. The number of aliphatic hydroxyl groups is 1. The lowest BCUT2D eigenvalue weighted by atomic mass is 9.81. The van der Waals surface area contributed by atoms with E-state index in [2.05, 4.69) is 32.3 Å². The molecule has 14 heteroatoms. The molecule has 2 N–H and O–H groups in total. The first-order valence-electron chi connectivity index (χ1n) is 23.0. The summed E-state index contributed by atoms with van der Waals surface area (Å²) in [5, 5.41) is 13.8. The van der Waals surface area contributed by atoms with Gasteiger partial charge in [0.2, 0.25) is 0 Å². The van der Waals surface area contributed by atoms with Gasteiger partial charge in [-0.15, -0.1) is 0 Å². The van der Waals surface area contributed by atoms with Crippen LogP contribution in [0.2, 0.25) is 0 Å². The smallest absolute Gasteiger partial charge is 0.407 e. The minimum atomic E-state index is -0.937. The predicted octanol–water partition coefficient (Wildman–Crippen LogP) is 5.64. The van der Waals surface area contributed by atoms with Crippen molar-refractivity contribution in [2.75, 3.05) is 13.7 Å². The number of ether oxygens (including phenoxy) is 10. The van der Waals surface area contributed by atoms with Gasteiger partial charge in [0.25, 0.3) is 0 Å². The molecule has 8 fully saturated rings. The highest BCUT2D eigenvalue weighted by Crippen LogP contribution is 2.47. The Hall–Kier alpha value is -1.98. The summed E-state index contributed by atoms with van der Waals surface area (Å²) in [6.45, 7) is 18.6. The van der Waals surface area contributed by atoms with Crippen molar-refractivity contribution >= 4 is 11.9 Å². The number of alkyl carbamates (subject to hydrolysis) is 1. The number of methoxy groups -OCH3 is 1. The Morgan fingerprint density at radius 1 is 0.783 bits per heavy atom. The van der Waals surface area contributed by atoms with Gasteiger partial charge in [0, 0.05) is 51.7 Å². The maximum Gasteiger partial charge on any atom is 0.407 e. The van der Waals surface area contributed by atoms with Gasteiger partial charge in [-0.25, -0.2) is 4.79 Å². The molecular weight excluding hydrogens is 774 g/mol. The molecule has 0 aromatic heterocycles. The van der Waals surface area contributed by atoms with Crippen LogP contribution in [0.15, 0.2) is 24.3 Å². The van der Waals surface area contributed by atoms with Crippen LogP contribution in [0, 0.1) is 11.8 Å². The number of hydrogen-bond acceptors (Lipinski definition) is 13. The third-order valence-electron chi connectivity index (χ3n) is 14.3. The minimum absolute atomic E-state index is 0.00111. The zero-order chi connectivity index (χ0) is 42.5. The van der Waals surface area contributed by atoms with Gasteiger partial charge in [-0.2, -0.15) is 0 Å². The highest BCUT2D eigenvalue weighted by Gasteiger charge is 2.61. The van der Waals surface area contributed by atoms with Crippen molar-refractivity contribution in [1.82, 2.24) is 5.32 Å². The summed E-state index contributed by atoms with van der Waals surface area (Å²) in [4.78, 5) is 26.7. The van der Waals surface area contributed by atoms with Crippen molar-refractivity contribution in [3.05, 3.63) is 24.3 Å². The minimum Gasteiger partial charge on any atom is -0.444 e. The molecule has 0 radical (unpaired) electrons. The number of nitrogens with one attached hydrogen (secondary N) is 1. The van der Waals surface area contributed by atoms with Crippen LogP contribution in [-0.4, -0.2) is 140 Å². The molecule has 0 aromatic carbocycles. The lowest BCUT2D eigenvalue weighted by Gasteiger charge is -2.47. The molecule has 8 aliphatic heterocycles. The Labute approximate surface area is 356 Å². The lowest BCUT2D eigenvalue weighted by molar-refractivity contribution is -0.283. The van der Waals surface area contributed by atoms with Gasteiger partial charge < -0.3 is 57.8 Å². The number of fused-ring (bicyclic) bond motifs is 7. The normalized spacial score (nSPS) is 45.4. The molecule has 60 heavy (non-hydrogen) atoms. The number of amides is 1. The molecule has 11 bridgehead atoms. The monoisotopic (exact) mass is 845 g/mol. The summed E-state index contributed by atoms with van der Waals surface area (Å²) >= 11 is 0. The molecule has 0 aromatic rings. The molecule has 338 valence electrons. The molecule has 8 aliphatic rings. The number of carbonyl (C=O) groups is 2. The molecular formula is C46H71NO13. The zero-order valence-corrected chi connectivity index (χ0v) is 36.6. The Morgan fingerprint density at radius 3 is 2.25 bits per heavy atom. The van der Waals surface area contributed by atoms with E-state index in [1.807, 2.05) is 0 Å². The maximum absolute atomic E-state index is 14.3. The maximum atomic E-state index is 14.3. The van der Waals surface area contributed by atoms with Gasteiger partial charge in [-0.3, -0.25) is 4.79 Å². The fraction of sp³-hybridized carbons (Fsp3) is 0.870. The quantitative estimate of drug-likeness (QED) is 0.317. The first-order valence-corrected chi connectivity index (χ1v) is 23.0. The van der Waals surface area contributed by atoms with Crippen LogP contribution in [-0.2, 0) is 52.2 Å². The van der Waals surface area contributed by atoms with E-state index in [0.29, 0.717) is 19.3 Å². The van der Waals surface area contributed by atoms with Gasteiger partial charge in [0.05, 0.1) is 67.1 Å². The van der Waals surface area contributed by atoms with E-state index in [-0.39, 0.29) is 111 Å². The molecule has 0 saturated carbocycles. The van der Waals surface area contributed by atoms with Gasteiger partial charge in [0.1, 0.15) is 41.9 Å². The zero-order valence-electron chi connectivity index (χ0n) is 36.6. The molecule has 0 spiro atoms. The molecule has 1 amide bonds. The van der Waals surface area contributed by atoms with E-state index in [9.17, 15) is 14.7 Å². The predicted molar refractivity (Wildman–Crippen MR) is 218 cm³/mol. The van der Waals surface area contributed by atoms with Gasteiger partial charge in [-0.05, 0) is 89.2 Å². The Morgan fingerprint density at radius 2 is 1.48 bits per heavy atom. The molecule has 8 saturated heterocycles. The molecule has 14 nitrogen and oxygen atoms in total. The van der Waals surface area contributed by atoms with Gasteiger partial charge in [0.15, 0.2) is 6.29 Å². The second kappa shape index (κ2) is 18.6. The summed E-state index contributed by atoms with van der Waals surface area (Å²) in [6.07, 6.45) is 2.20. The first kappa shape index (κ1) is 44.6. The average molecular weight is 846 g/mol. The molecule has 8 rings (SSSR count). The topological polar surface area (TPSA) is 159 Å². The van der Waals surface area contributed by atoms with Crippen molar-refractivity contribution in [2.24, 2.45) is 11.8 Å². The Bertz CT molecular complexity index is 1550. The summed E-state index contributed by atoms with van der Waals surface area (Å²) in [5.41, 5.74) is 1.47. The van der Waals surface area contributed by atoms with E-state index in [1.165, 1.54) is 0 Å².